The Bertz CT molecular complexity index is 347. The molecular formula is C19H33NO2. The maximum absolute atomic E-state index is 9.75. The molecule has 0 N–H and O–H groups in total. The van der Waals surface area contributed by atoms with Gasteiger partial charge in [0.05, 0.1) is 19.3 Å². The zero-order valence-electron chi connectivity index (χ0n) is 14.5. The van der Waals surface area contributed by atoms with Crippen molar-refractivity contribution < 1.29 is 9.47 Å². The summed E-state index contributed by atoms with van der Waals surface area (Å²) in [5, 5.41) is 9.75. The van der Waals surface area contributed by atoms with E-state index >= 15 is 0 Å². The van der Waals surface area contributed by atoms with Crippen LogP contribution in [0.15, 0.2) is 0 Å². The summed E-state index contributed by atoms with van der Waals surface area (Å²) in [4.78, 5) is 0. The van der Waals surface area contributed by atoms with E-state index < -0.39 is 5.41 Å². The molecule has 0 aromatic rings. The highest BCUT2D eigenvalue weighted by atomic mass is 16.7. The molecule has 1 saturated heterocycles. The van der Waals surface area contributed by atoms with Crippen molar-refractivity contribution in [2.45, 2.75) is 84.3 Å². The normalized spacial score (nSPS) is 36.0. The summed E-state index contributed by atoms with van der Waals surface area (Å²) < 4.78 is 12.0. The van der Waals surface area contributed by atoms with Crippen LogP contribution in [0, 0.1) is 28.6 Å². The Labute approximate surface area is 136 Å². The molecule has 2 rings (SSSR count). The summed E-state index contributed by atoms with van der Waals surface area (Å²) in [5.74, 6) is 1.33. The summed E-state index contributed by atoms with van der Waals surface area (Å²) in [5.41, 5.74) is -0.390. The number of ether oxygens (including phenoxy) is 2. The second kappa shape index (κ2) is 8.89. The molecule has 0 radical (unpaired) electrons. The molecule has 0 aromatic heterocycles. The van der Waals surface area contributed by atoms with Crippen molar-refractivity contribution in [3.05, 3.63) is 0 Å². The van der Waals surface area contributed by atoms with Crippen LogP contribution in [0.4, 0.5) is 0 Å². The highest BCUT2D eigenvalue weighted by Crippen LogP contribution is 2.45. The van der Waals surface area contributed by atoms with Crippen molar-refractivity contribution in [1.82, 2.24) is 0 Å². The number of hydrogen-bond donors (Lipinski definition) is 0. The van der Waals surface area contributed by atoms with Crippen molar-refractivity contribution in [3.63, 3.8) is 0 Å². The molecule has 1 aliphatic carbocycles. The van der Waals surface area contributed by atoms with Crippen LogP contribution in [0.5, 0.6) is 0 Å². The SMILES string of the molecule is CCCCC1CCC(C#N)(C2OCC(CCCC)CO2)CC1. The molecule has 1 heterocycles. The molecule has 0 aromatic carbocycles. The first-order valence-corrected chi connectivity index (χ1v) is 9.38. The lowest BCUT2D eigenvalue weighted by molar-refractivity contribution is -0.247. The molecule has 3 nitrogen and oxygen atoms in total. The van der Waals surface area contributed by atoms with Gasteiger partial charge in [-0.25, -0.2) is 0 Å². The molecule has 126 valence electrons. The number of nitrogens with zero attached hydrogens (tertiary/aromatic N) is 1. The van der Waals surface area contributed by atoms with Gasteiger partial charge in [-0.2, -0.15) is 5.26 Å². The summed E-state index contributed by atoms with van der Waals surface area (Å²) in [6.07, 6.45) is 11.5. The topological polar surface area (TPSA) is 42.2 Å². The van der Waals surface area contributed by atoms with Crippen molar-refractivity contribution in [1.29, 1.82) is 5.26 Å². The molecule has 0 atom stereocenters. The lowest BCUT2D eigenvalue weighted by Gasteiger charge is -2.42. The first kappa shape index (κ1) is 17.8. The molecule has 3 heteroatoms. The lowest BCUT2D eigenvalue weighted by atomic mass is 9.69. The molecule has 22 heavy (non-hydrogen) atoms. The predicted molar refractivity (Wildman–Crippen MR) is 88.2 cm³/mol. The van der Waals surface area contributed by atoms with Gasteiger partial charge in [-0.3, -0.25) is 0 Å². The molecule has 0 bridgehead atoms. The number of rotatable bonds is 7. The van der Waals surface area contributed by atoms with Gasteiger partial charge in [-0.1, -0.05) is 46.0 Å². The van der Waals surface area contributed by atoms with Gasteiger partial charge < -0.3 is 9.47 Å². The highest BCUT2D eigenvalue weighted by molar-refractivity contribution is 5.04. The average Bonchev–Trinajstić information content (AvgIpc) is 2.59. The van der Waals surface area contributed by atoms with E-state index in [-0.39, 0.29) is 6.29 Å². The van der Waals surface area contributed by atoms with Crippen LogP contribution in [0.1, 0.15) is 78.1 Å². The summed E-state index contributed by atoms with van der Waals surface area (Å²) in [6, 6.07) is 2.57. The van der Waals surface area contributed by atoms with E-state index in [1.54, 1.807) is 0 Å². The van der Waals surface area contributed by atoms with Gasteiger partial charge in [0.25, 0.3) is 0 Å². The van der Waals surface area contributed by atoms with Gasteiger partial charge >= 0.3 is 0 Å². The molecule has 0 unspecified atom stereocenters. The van der Waals surface area contributed by atoms with Gasteiger partial charge in [-0.05, 0) is 38.0 Å². The smallest absolute Gasteiger partial charge is 0.176 e. The quantitative estimate of drug-likeness (QED) is 0.660. The zero-order valence-corrected chi connectivity index (χ0v) is 14.5. The Hall–Kier alpha value is -0.590. The van der Waals surface area contributed by atoms with Gasteiger partial charge in [0.15, 0.2) is 6.29 Å². The number of nitriles is 1. The number of unbranched alkanes of at least 4 members (excludes halogenated alkanes) is 2. The minimum atomic E-state index is -0.390. The van der Waals surface area contributed by atoms with Gasteiger partial charge in [-0.15, -0.1) is 0 Å². The molecule has 0 spiro atoms. The lowest BCUT2D eigenvalue weighted by Crippen LogP contribution is -2.45. The monoisotopic (exact) mass is 307 g/mol. The standard InChI is InChI=1S/C19H33NO2/c1-3-5-7-16-9-11-19(15-20,12-10-16)18-21-13-17(14-22-18)8-6-4-2/h16-18H,3-14H2,1-2H3. The van der Waals surface area contributed by atoms with Crippen molar-refractivity contribution in [2.75, 3.05) is 13.2 Å². The Morgan fingerprint density at radius 3 is 2.00 bits per heavy atom. The third kappa shape index (κ3) is 4.46. The van der Waals surface area contributed by atoms with E-state index in [0.29, 0.717) is 5.92 Å². The van der Waals surface area contributed by atoms with Gasteiger partial charge in [0, 0.05) is 5.92 Å². The Kier molecular flexibility index (Phi) is 7.18. The Balaban J connectivity index is 1.82. The summed E-state index contributed by atoms with van der Waals surface area (Å²) in [6.45, 7) is 6.01. The zero-order chi connectivity index (χ0) is 15.8. The van der Waals surface area contributed by atoms with E-state index in [1.165, 1.54) is 38.5 Å². The summed E-state index contributed by atoms with van der Waals surface area (Å²) in [7, 11) is 0. The number of hydrogen-bond acceptors (Lipinski definition) is 3. The van der Waals surface area contributed by atoms with Crippen LogP contribution in [0.3, 0.4) is 0 Å². The molecule has 2 aliphatic rings. The minimum Gasteiger partial charge on any atom is -0.351 e. The van der Waals surface area contributed by atoms with Crippen LogP contribution in [0.2, 0.25) is 0 Å². The fraction of sp³-hybridized carbons (Fsp3) is 0.947. The van der Waals surface area contributed by atoms with Crippen molar-refractivity contribution >= 4 is 0 Å². The third-order valence-electron chi connectivity index (χ3n) is 5.57. The predicted octanol–water partition coefficient (Wildman–Crippen LogP) is 5.06. The second-order valence-corrected chi connectivity index (χ2v) is 7.36. The van der Waals surface area contributed by atoms with E-state index in [9.17, 15) is 5.26 Å². The van der Waals surface area contributed by atoms with E-state index in [0.717, 1.165) is 44.8 Å². The maximum Gasteiger partial charge on any atom is 0.176 e. The average molecular weight is 307 g/mol. The van der Waals surface area contributed by atoms with E-state index in [4.69, 9.17) is 9.47 Å². The Morgan fingerprint density at radius 2 is 1.50 bits per heavy atom. The molecule has 1 saturated carbocycles. The van der Waals surface area contributed by atoms with Crippen molar-refractivity contribution in [2.24, 2.45) is 17.3 Å². The van der Waals surface area contributed by atoms with Crippen molar-refractivity contribution in [3.8, 4) is 6.07 Å². The minimum absolute atomic E-state index is 0.289. The molecule has 2 fully saturated rings. The fourth-order valence-corrected chi connectivity index (χ4v) is 3.90. The Morgan fingerprint density at radius 1 is 0.955 bits per heavy atom. The summed E-state index contributed by atoms with van der Waals surface area (Å²) >= 11 is 0. The molecule has 0 amide bonds. The van der Waals surface area contributed by atoms with Crippen LogP contribution < -0.4 is 0 Å². The van der Waals surface area contributed by atoms with E-state index in [2.05, 4.69) is 19.9 Å². The van der Waals surface area contributed by atoms with Crippen LogP contribution >= 0.6 is 0 Å². The largest absolute Gasteiger partial charge is 0.351 e. The van der Waals surface area contributed by atoms with Crippen LogP contribution in [-0.2, 0) is 9.47 Å². The van der Waals surface area contributed by atoms with Crippen LogP contribution in [0.25, 0.3) is 0 Å². The fourth-order valence-electron chi connectivity index (χ4n) is 3.90. The third-order valence-corrected chi connectivity index (χ3v) is 5.57. The second-order valence-electron chi connectivity index (χ2n) is 7.36. The first-order chi connectivity index (χ1) is 10.7. The maximum atomic E-state index is 9.75. The van der Waals surface area contributed by atoms with Gasteiger partial charge in [0.2, 0.25) is 0 Å². The van der Waals surface area contributed by atoms with Crippen LogP contribution in [-0.4, -0.2) is 19.5 Å². The van der Waals surface area contributed by atoms with E-state index in [1.807, 2.05) is 0 Å². The highest BCUT2D eigenvalue weighted by Gasteiger charge is 2.45. The molecular weight excluding hydrogens is 274 g/mol. The molecule has 1 aliphatic heterocycles. The van der Waals surface area contributed by atoms with Gasteiger partial charge in [0.1, 0.15) is 5.41 Å². The first-order valence-electron chi connectivity index (χ1n) is 9.38.